The van der Waals surface area contributed by atoms with Crippen molar-refractivity contribution >= 4 is 5.91 Å². The van der Waals surface area contributed by atoms with E-state index >= 15 is 0 Å². The zero-order chi connectivity index (χ0) is 12.5. The van der Waals surface area contributed by atoms with Gasteiger partial charge in [-0.3, -0.25) is 4.79 Å². The summed E-state index contributed by atoms with van der Waals surface area (Å²) in [5.41, 5.74) is -0.496. The molecule has 1 unspecified atom stereocenters. The first-order chi connectivity index (χ1) is 7.98. The maximum Gasteiger partial charge on any atom is 0.254 e. The molecule has 0 aliphatic carbocycles. The molecule has 0 bridgehead atoms. The standard InChI is InChI=1S/C13H16FNO2/c1-13(17)6-3-7-15(9-13)12(16)10-4-2-5-11(14)8-10/h2,4-5,8,17H,3,6-7,9H2,1H3. The van der Waals surface area contributed by atoms with Crippen molar-refractivity contribution in [3.05, 3.63) is 35.6 Å². The number of carbonyl (C=O) groups excluding carboxylic acids is 1. The van der Waals surface area contributed by atoms with Gasteiger partial charge < -0.3 is 10.0 Å². The van der Waals surface area contributed by atoms with E-state index in [0.29, 0.717) is 25.1 Å². The normalized spacial score (nSPS) is 24.8. The zero-order valence-electron chi connectivity index (χ0n) is 9.82. The molecule has 1 aromatic rings. The molecule has 2 rings (SSSR count). The quantitative estimate of drug-likeness (QED) is 0.809. The van der Waals surface area contributed by atoms with Crippen LogP contribution in [0.3, 0.4) is 0 Å². The number of likely N-dealkylation sites (tertiary alicyclic amines) is 1. The van der Waals surface area contributed by atoms with Gasteiger partial charge in [-0.05, 0) is 38.0 Å². The van der Waals surface area contributed by atoms with E-state index in [0.717, 1.165) is 6.42 Å². The van der Waals surface area contributed by atoms with Crippen molar-refractivity contribution in [3.8, 4) is 0 Å². The van der Waals surface area contributed by atoms with Crippen molar-refractivity contribution in [2.24, 2.45) is 0 Å². The van der Waals surface area contributed by atoms with Gasteiger partial charge in [-0.2, -0.15) is 0 Å². The average Bonchev–Trinajstić information content (AvgIpc) is 2.26. The molecule has 92 valence electrons. The van der Waals surface area contributed by atoms with E-state index in [2.05, 4.69) is 0 Å². The number of hydrogen-bond acceptors (Lipinski definition) is 2. The SMILES string of the molecule is CC1(O)CCCN(C(=O)c2cccc(F)c2)C1. The fraction of sp³-hybridized carbons (Fsp3) is 0.462. The smallest absolute Gasteiger partial charge is 0.254 e. The molecule has 1 amide bonds. The summed E-state index contributed by atoms with van der Waals surface area (Å²) >= 11 is 0. The van der Waals surface area contributed by atoms with E-state index < -0.39 is 11.4 Å². The highest BCUT2D eigenvalue weighted by Gasteiger charge is 2.31. The highest BCUT2D eigenvalue weighted by molar-refractivity contribution is 5.94. The number of benzene rings is 1. The molecule has 3 nitrogen and oxygen atoms in total. The summed E-state index contributed by atoms with van der Waals surface area (Å²) in [6.07, 6.45) is 1.47. The molecule has 0 saturated carbocycles. The second kappa shape index (κ2) is 4.45. The Labute approximate surface area is 99.9 Å². The summed E-state index contributed by atoms with van der Waals surface area (Å²) in [4.78, 5) is 13.7. The minimum Gasteiger partial charge on any atom is -0.388 e. The second-order valence-corrected chi connectivity index (χ2v) is 4.84. The largest absolute Gasteiger partial charge is 0.388 e. The minimum absolute atomic E-state index is 0.218. The van der Waals surface area contributed by atoms with Gasteiger partial charge in [0.2, 0.25) is 0 Å². The number of amides is 1. The van der Waals surface area contributed by atoms with Crippen LogP contribution in [-0.4, -0.2) is 34.6 Å². The maximum atomic E-state index is 13.0. The third-order valence-corrected chi connectivity index (χ3v) is 3.03. The molecular weight excluding hydrogens is 221 g/mol. The van der Waals surface area contributed by atoms with Crippen molar-refractivity contribution in [3.63, 3.8) is 0 Å². The van der Waals surface area contributed by atoms with Gasteiger partial charge in [-0.25, -0.2) is 4.39 Å². The van der Waals surface area contributed by atoms with E-state index in [4.69, 9.17) is 0 Å². The molecule has 1 aliphatic rings. The van der Waals surface area contributed by atoms with Gasteiger partial charge in [0.25, 0.3) is 5.91 Å². The number of aliphatic hydroxyl groups is 1. The highest BCUT2D eigenvalue weighted by Crippen LogP contribution is 2.21. The Kier molecular flexibility index (Phi) is 3.15. The van der Waals surface area contributed by atoms with Gasteiger partial charge >= 0.3 is 0 Å². The summed E-state index contributed by atoms with van der Waals surface area (Å²) < 4.78 is 13.0. The Balaban J connectivity index is 2.15. The molecule has 1 N–H and O–H groups in total. The number of β-amino-alcohol motifs (C(OH)–C–C–N with tert-alkyl or cyclic N) is 1. The van der Waals surface area contributed by atoms with Gasteiger partial charge in [0.1, 0.15) is 5.82 Å². The van der Waals surface area contributed by atoms with Crippen LogP contribution >= 0.6 is 0 Å². The van der Waals surface area contributed by atoms with Crippen LogP contribution in [0.15, 0.2) is 24.3 Å². The van der Waals surface area contributed by atoms with Crippen LogP contribution in [0, 0.1) is 5.82 Å². The van der Waals surface area contributed by atoms with Crippen molar-refractivity contribution in [1.82, 2.24) is 4.90 Å². The Hall–Kier alpha value is -1.42. The van der Waals surface area contributed by atoms with Crippen LogP contribution in [0.2, 0.25) is 0 Å². The molecule has 1 aromatic carbocycles. The minimum atomic E-state index is -0.832. The number of nitrogens with zero attached hydrogens (tertiary/aromatic N) is 1. The molecule has 4 heteroatoms. The maximum absolute atomic E-state index is 13.0. The van der Waals surface area contributed by atoms with E-state index in [1.54, 1.807) is 17.9 Å². The van der Waals surface area contributed by atoms with Crippen LogP contribution in [0.5, 0.6) is 0 Å². The Morgan fingerprint density at radius 1 is 1.53 bits per heavy atom. The van der Waals surface area contributed by atoms with Gasteiger partial charge in [-0.1, -0.05) is 6.07 Å². The molecule has 1 saturated heterocycles. The van der Waals surface area contributed by atoms with Crippen LogP contribution in [0.25, 0.3) is 0 Å². The Morgan fingerprint density at radius 2 is 2.29 bits per heavy atom. The van der Waals surface area contributed by atoms with E-state index in [1.165, 1.54) is 18.2 Å². The molecule has 17 heavy (non-hydrogen) atoms. The fourth-order valence-electron chi connectivity index (χ4n) is 2.20. The molecule has 0 radical (unpaired) electrons. The summed E-state index contributed by atoms with van der Waals surface area (Å²) in [5.74, 6) is -0.635. The number of hydrogen-bond donors (Lipinski definition) is 1. The van der Waals surface area contributed by atoms with Crippen LogP contribution < -0.4 is 0 Å². The van der Waals surface area contributed by atoms with Gasteiger partial charge in [0, 0.05) is 18.7 Å². The van der Waals surface area contributed by atoms with Crippen molar-refractivity contribution in [2.75, 3.05) is 13.1 Å². The molecular formula is C13H16FNO2. The van der Waals surface area contributed by atoms with Gasteiger partial charge in [0.05, 0.1) is 5.60 Å². The summed E-state index contributed by atoms with van der Waals surface area (Å²) in [6.45, 7) is 2.64. The zero-order valence-corrected chi connectivity index (χ0v) is 9.82. The predicted molar refractivity (Wildman–Crippen MR) is 62.2 cm³/mol. The topological polar surface area (TPSA) is 40.5 Å². The highest BCUT2D eigenvalue weighted by atomic mass is 19.1. The average molecular weight is 237 g/mol. The molecule has 0 aromatic heterocycles. The molecule has 1 aliphatic heterocycles. The van der Waals surface area contributed by atoms with Crippen molar-refractivity contribution in [2.45, 2.75) is 25.4 Å². The summed E-state index contributed by atoms with van der Waals surface area (Å²) in [6, 6.07) is 5.65. The van der Waals surface area contributed by atoms with E-state index in [-0.39, 0.29) is 5.91 Å². The lowest BCUT2D eigenvalue weighted by molar-refractivity contribution is -0.0107. The Morgan fingerprint density at radius 3 is 2.94 bits per heavy atom. The fourth-order valence-corrected chi connectivity index (χ4v) is 2.20. The molecule has 0 spiro atoms. The lowest BCUT2D eigenvalue weighted by atomic mass is 9.94. The first-order valence-electron chi connectivity index (χ1n) is 5.75. The summed E-state index contributed by atoms with van der Waals surface area (Å²) in [7, 11) is 0. The lowest BCUT2D eigenvalue weighted by Crippen LogP contribution is -2.48. The Bertz CT molecular complexity index is 431. The number of carbonyl (C=O) groups is 1. The lowest BCUT2D eigenvalue weighted by Gasteiger charge is -2.36. The summed E-state index contributed by atoms with van der Waals surface area (Å²) in [5, 5.41) is 9.93. The molecule has 1 atom stereocenters. The van der Waals surface area contributed by atoms with E-state index in [9.17, 15) is 14.3 Å². The third kappa shape index (κ3) is 2.82. The monoisotopic (exact) mass is 237 g/mol. The first kappa shape index (κ1) is 12.0. The van der Waals surface area contributed by atoms with Gasteiger partial charge in [-0.15, -0.1) is 0 Å². The molecule has 1 heterocycles. The van der Waals surface area contributed by atoms with Crippen LogP contribution in [0.1, 0.15) is 30.1 Å². The number of piperidine rings is 1. The van der Waals surface area contributed by atoms with Crippen LogP contribution in [-0.2, 0) is 0 Å². The first-order valence-corrected chi connectivity index (χ1v) is 5.75. The van der Waals surface area contributed by atoms with Gasteiger partial charge in [0.15, 0.2) is 0 Å². The number of rotatable bonds is 1. The van der Waals surface area contributed by atoms with E-state index in [1.807, 2.05) is 0 Å². The van der Waals surface area contributed by atoms with Crippen molar-refractivity contribution < 1.29 is 14.3 Å². The molecule has 1 fully saturated rings. The number of halogens is 1. The predicted octanol–water partition coefficient (Wildman–Crippen LogP) is 1.81. The third-order valence-electron chi connectivity index (χ3n) is 3.03. The van der Waals surface area contributed by atoms with Crippen molar-refractivity contribution in [1.29, 1.82) is 0 Å². The van der Waals surface area contributed by atoms with Crippen LogP contribution in [0.4, 0.5) is 4.39 Å². The second-order valence-electron chi connectivity index (χ2n) is 4.84.